The predicted octanol–water partition coefficient (Wildman–Crippen LogP) is 3.44. The van der Waals surface area contributed by atoms with Gasteiger partial charge in [0.1, 0.15) is 11.6 Å². The van der Waals surface area contributed by atoms with Crippen LogP contribution in [0.15, 0.2) is 43.0 Å². The molecular formula is C23H24Cl2FN3O4. The second kappa shape index (κ2) is 10.9. The van der Waals surface area contributed by atoms with Gasteiger partial charge in [-0.2, -0.15) is 0 Å². The number of nitrogens with one attached hydrogen (secondary N) is 1. The minimum atomic E-state index is -0.500. The Bertz CT molecular complexity index is 1070. The number of ether oxygens (including phenoxy) is 1. The molecule has 1 unspecified atom stereocenters. The van der Waals surface area contributed by atoms with E-state index in [-0.39, 0.29) is 31.5 Å². The van der Waals surface area contributed by atoms with Gasteiger partial charge in [-0.15, -0.1) is 0 Å². The first-order chi connectivity index (χ1) is 15.8. The van der Waals surface area contributed by atoms with Crippen molar-refractivity contribution in [1.29, 1.82) is 0 Å². The van der Waals surface area contributed by atoms with E-state index >= 15 is 0 Å². The van der Waals surface area contributed by atoms with Gasteiger partial charge in [0.2, 0.25) is 11.8 Å². The Hall–Kier alpha value is -2.81. The van der Waals surface area contributed by atoms with E-state index in [1.54, 1.807) is 17.0 Å². The Kier molecular flexibility index (Phi) is 8.18. The summed E-state index contributed by atoms with van der Waals surface area (Å²) in [5.74, 6) is -0.563. The number of benzene rings is 2. The summed E-state index contributed by atoms with van der Waals surface area (Å²) in [7, 11) is 1.47. The van der Waals surface area contributed by atoms with Gasteiger partial charge in [0.15, 0.2) is 0 Å². The SMILES string of the molecule is C=CC(=O)N1CCN(C(=O)CNc2cc(-c3cc(F)ccc3Cl)c(Cl)cc2OC)CC1CO. The minimum Gasteiger partial charge on any atom is -0.495 e. The van der Waals surface area contributed by atoms with Crippen LogP contribution in [0.25, 0.3) is 11.1 Å². The van der Waals surface area contributed by atoms with E-state index in [1.165, 1.54) is 36.3 Å². The molecule has 2 amide bonds. The quantitative estimate of drug-likeness (QED) is 0.575. The van der Waals surface area contributed by atoms with Crippen LogP contribution >= 0.6 is 23.2 Å². The first-order valence-corrected chi connectivity index (χ1v) is 10.9. The van der Waals surface area contributed by atoms with Crippen molar-refractivity contribution in [3.05, 3.63) is 58.8 Å². The minimum absolute atomic E-state index is 0.0676. The summed E-state index contributed by atoms with van der Waals surface area (Å²) < 4.78 is 19.2. The molecular weight excluding hydrogens is 472 g/mol. The second-order valence-electron chi connectivity index (χ2n) is 7.42. The molecule has 0 radical (unpaired) electrons. The lowest BCUT2D eigenvalue weighted by molar-refractivity contribution is -0.140. The number of rotatable bonds is 7. The molecule has 1 heterocycles. The zero-order valence-electron chi connectivity index (χ0n) is 18.0. The molecule has 2 N–H and O–H groups in total. The third kappa shape index (κ3) is 5.58. The molecule has 0 aliphatic carbocycles. The Morgan fingerprint density at radius 1 is 1.24 bits per heavy atom. The standard InChI is InChI=1S/C23H24Cl2FN3O4/c1-3-22(31)29-7-6-28(12-15(29)13-30)23(32)11-27-20-9-17(19(25)10-21(20)33-2)16-8-14(26)4-5-18(16)24/h3-5,8-10,15,27,30H,1,6-7,11-13H2,2H3. The monoisotopic (exact) mass is 495 g/mol. The molecule has 0 spiro atoms. The van der Waals surface area contributed by atoms with Crippen LogP contribution in [-0.2, 0) is 9.59 Å². The zero-order chi connectivity index (χ0) is 24.1. The average Bonchev–Trinajstić information content (AvgIpc) is 2.83. The average molecular weight is 496 g/mol. The van der Waals surface area contributed by atoms with Crippen molar-refractivity contribution in [2.45, 2.75) is 6.04 Å². The first kappa shape index (κ1) is 24.8. The number of anilines is 1. The largest absolute Gasteiger partial charge is 0.495 e. The van der Waals surface area contributed by atoms with Crippen molar-refractivity contribution in [3.63, 3.8) is 0 Å². The maximum atomic E-state index is 13.8. The van der Waals surface area contributed by atoms with E-state index in [2.05, 4.69) is 11.9 Å². The molecule has 1 fully saturated rings. The van der Waals surface area contributed by atoms with Crippen molar-refractivity contribution in [1.82, 2.24) is 9.80 Å². The highest BCUT2D eigenvalue weighted by Crippen LogP contribution is 2.40. The predicted molar refractivity (Wildman–Crippen MR) is 126 cm³/mol. The highest BCUT2D eigenvalue weighted by molar-refractivity contribution is 6.36. The number of amides is 2. The molecule has 1 atom stereocenters. The van der Waals surface area contributed by atoms with Gasteiger partial charge >= 0.3 is 0 Å². The van der Waals surface area contributed by atoms with Crippen molar-refractivity contribution in [3.8, 4) is 16.9 Å². The lowest BCUT2D eigenvalue weighted by Crippen LogP contribution is -2.58. The van der Waals surface area contributed by atoms with E-state index in [9.17, 15) is 19.1 Å². The van der Waals surface area contributed by atoms with Gasteiger partial charge in [0.05, 0.1) is 37.0 Å². The smallest absolute Gasteiger partial charge is 0.246 e. The van der Waals surface area contributed by atoms with Gasteiger partial charge in [-0.3, -0.25) is 9.59 Å². The van der Waals surface area contributed by atoms with Crippen LogP contribution in [0.4, 0.5) is 10.1 Å². The lowest BCUT2D eigenvalue weighted by Gasteiger charge is -2.40. The van der Waals surface area contributed by atoms with Crippen LogP contribution in [0.2, 0.25) is 10.0 Å². The van der Waals surface area contributed by atoms with Gasteiger partial charge in [0, 0.05) is 41.9 Å². The number of carbonyl (C=O) groups is 2. The van der Waals surface area contributed by atoms with E-state index in [0.29, 0.717) is 45.7 Å². The van der Waals surface area contributed by atoms with E-state index in [4.69, 9.17) is 27.9 Å². The molecule has 1 aliphatic heterocycles. The number of nitrogens with zero attached hydrogens (tertiary/aromatic N) is 2. The van der Waals surface area contributed by atoms with Crippen molar-refractivity contribution in [2.75, 3.05) is 45.2 Å². The van der Waals surface area contributed by atoms with E-state index in [1.807, 2.05) is 0 Å². The topological polar surface area (TPSA) is 82.1 Å². The van der Waals surface area contributed by atoms with Crippen LogP contribution in [0.1, 0.15) is 0 Å². The molecule has 176 valence electrons. The molecule has 0 saturated carbocycles. The molecule has 1 saturated heterocycles. The Morgan fingerprint density at radius 3 is 2.64 bits per heavy atom. The normalized spacial score (nSPS) is 15.8. The third-order valence-electron chi connectivity index (χ3n) is 5.44. The van der Waals surface area contributed by atoms with Gasteiger partial charge in [-0.1, -0.05) is 29.8 Å². The number of carbonyl (C=O) groups excluding carboxylic acids is 2. The fraction of sp³-hybridized carbons (Fsp3) is 0.304. The van der Waals surface area contributed by atoms with Gasteiger partial charge in [-0.05, 0) is 30.3 Å². The highest BCUT2D eigenvalue weighted by atomic mass is 35.5. The molecule has 1 aliphatic rings. The maximum absolute atomic E-state index is 13.8. The third-order valence-corrected chi connectivity index (χ3v) is 6.08. The summed E-state index contributed by atoms with van der Waals surface area (Å²) >= 11 is 12.6. The second-order valence-corrected chi connectivity index (χ2v) is 8.24. The number of hydrogen-bond acceptors (Lipinski definition) is 5. The van der Waals surface area contributed by atoms with Crippen LogP contribution in [-0.4, -0.2) is 72.7 Å². The molecule has 33 heavy (non-hydrogen) atoms. The van der Waals surface area contributed by atoms with Gasteiger partial charge in [-0.25, -0.2) is 4.39 Å². The van der Waals surface area contributed by atoms with Crippen molar-refractivity contribution in [2.24, 2.45) is 0 Å². The molecule has 3 rings (SSSR count). The number of piperazine rings is 1. The molecule has 2 aromatic rings. The van der Waals surface area contributed by atoms with E-state index in [0.717, 1.165) is 0 Å². The van der Waals surface area contributed by atoms with Crippen LogP contribution in [0.5, 0.6) is 5.75 Å². The Labute approximate surface area is 201 Å². The maximum Gasteiger partial charge on any atom is 0.246 e. The number of methoxy groups -OCH3 is 1. The first-order valence-electron chi connectivity index (χ1n) is 10.2. The van der Waals surface area contributed by atoms with Crippen LogP contribution < -0.4 is 10.1 Å². The lowest BCUT2D eigenvalue weighted by atomic mass is 10.0. The van der Waals surface area contributed by atoms with E-state index < -0.39 is 11.9 Å². The number of halogens is 3. The summed E-state index contributed by atoms with van der Waals surface area (Å²) in [6.45, 7) is 3.98. The summed E-state index contributed by atoms with van der Waals surface area (Å²) in [4.78, 5) is 27.8. The number of aliphatic hydroxyl groups is 1. The fourth-order valence-corrected chi connectivity index (χ4v) is 4.18. The molecule has 2 aromatic carbocycles. The summed E-state index contributed by atoms with van der Waals surface area (Å²) in [6, 6.07) is 6.68. The van der Waals surface area contributed by atoms with Crippen molar-refractivity contribution < 1.29 is 23.8 Å². The van der Waals surface area contributed by atoms with Crippen LogP contribution in [0, 0.1) is 5.82 Å². The summed E-state index contributed by atoms with van der Waals surface area (Å²) in [6.07, 6.45) is 1.19. The zero-order valence-corrected chi connectivity index (χ0v) is 19.5. The highest BCUT2D eigenvalue weighted by Gasteiger charge is 2.31. The van der Waals surface area contributed by atoms with Crippen molar-refractivity contribution >= 4 is 40.7 Å². The summed E-state index contributed by atoms with van der Waals surface area (Å²) in [5, 5.41) is 13.3. The van der Waals surface area contributed by atoms with Crippen LogP contribution in [0.3, 0.4) is 0 Å². The number of aliphatic hydroxyl groups excluding tert-OH is 1. The molecule has 10 heteroatoms. The fourth-order valence-electron chi connectivity index (χ4n) is 3.70. The number of hydrogen-bond donors (Lipinski definition) is 2. The van der Waals surface area contributed by atoms with Gasteiger partial charge < -0.3 is 25.0 Å². The molecule has 7 nitrogen and oxygen atoms in total. The van der Waals surface area contributed by atoms with Gasteiger partial charge in [0.25, 0.3) is 0 Å². The molecule has 0 aromatic heterocycles. The Morgan fingerprint density at radius 2 is 1.97 bits per heavy atom. The molecule has 0 bridgehead atoms. The Balaban J connectivity index is 1.77. The summed E-state index contributed by atoms with van der Waals surface area (Å²) in [5.41, 5.74) is 1.37.